The molecule has 1 aromatic heterocycles. The summed E-state index contributed by atoms with van der Waals surface area (Å²) in [5, 5.41) is 7.85. The molecule has 1 aliphatic heterocycles. The van der Waals surface area contributed by atoms with Crippen LogP contribution in [0, 0.1) is 5.92 Å². The van der Waals surface area contributed by atoms with Crippen molar-refractivity contribution in [1.29, 1.82) is 0 Å². The van der Waals surface area contributed by atoms with Crippen LogP contribution >= 0.6 is 11.6 Å². The molecule has 2 atom stereocenters. The van der Waals surface area contributed by atoms with Gasteiger partial charge in [0.2, 0.25) is 17.6 Å². The van der Waals surface area contributed by atoms with Crippen molar-refractivity contribution in [3.05, 3.63) is 71.1 Å². The molecule has 0 aliphatic carbocycles. The average Bonchev–Trinajstić information content (AvgIpc) is 3.23. The van der Waals surface area contributed by atoms with E-state index in [0.29, 0.717) is 29.8 Å². The third-order valence-electron chi connectivity index (χ3n) is 5.44. The predicted molar refractivity (Wildman–Crippen MR) is 116 cm³/mol. The first-order chi connectivity index (χ1) is 14.6. The second-order valence-corrected chi connectivity index (χ2v) is 8.17. The van der Waals surface area contributed by atoms with Crippen LogP contribution < -0.4 is 5.32 Å². The zero-order valence-electron chi connectivity index (χ0n) is 16.9. The van der Waals surface area contributed by atoms with Gasteiger partial charge in [0.05, 0.1) is 18.5 Å². The Bertz CT molecular complexity index is 992. The lowest BCUT2D eigenvalue weighted by Crippen LogP contribution is -2.43. The van der Waals surface area contributed by atoms with E-state index >= 15 is 0 Å². The van der Waals surface area contributed by atoms with Gasteiger partial charge < -0.3 is 9.84 Å². The van der Waals surface area contributed by atoms with Crippen LogP contribution in [-0.2, 0) is 11.3 Å². The summed E-state index contributed by atoms with van der Waals surface area (Å²) in [4.78, 5) is 19.5. The molecule has 3 aromatic rings. The molecular weight excluding hydrogens is 400 g/mol. The van der Waals surface area contributed by atoms with E-state index in [-0.39, 0.29) is 17.9 Å². The Hall–Kier alpha value is -2.70. The van der Waals surface area contributed by atoms with E-state index in [0.717, 1.165) is 30.5 Å². The fourth-order valence-corrected chi connectivity index (χ4v) is 4.01. The van der Waals surface area contributed by atoms with E-state index in [4.69, 9.17) is 16.1 Å². The SMILES string of the molecule is CC(NC(=O)C1CCCN(Cc2nc(-c3cccc(Cl)c3)no2)C1)c1ccccc1. The van der Waals surface area contributed by atoms with Crippen LogP contribution in [-0.4, -0.2) is 34.0 Å². The third kappa shape index (κ3) is 5.07. The summed E-state index contributed by atoms with van der Waals surface area (Å²) in [5.74, 6) is 1.13. The number of rotatable bonds is 6. The molecule has 4 rings (SSSR count). The molecule has 7 heteroatoms. The van der Waals surface area contributed by atoms with Crippen molar-refractivity contribution in [1.82, 2.24) is 20.4 Å². The first-order valence-corrected chi connectivity index (χ1v) is 10.6. The third-order valence-corrected chi connectivity index (χ3v) is 5.68. The second-order valence-electron chi connectivity index (χ2n) is 7.74. The summed E-state index contributed by atoms with van der Waals surface area (Å²) in [6.07, 6.45) is 1.86. The van der Waals surface area contributed by atoms with Crippen molar-refractivity contribution in [2.24, 2.45) is 5.92 Å². The Balaban J connectivity index is 1.34. The Kier molecular flexibility index (Phi) is 6.45. The minimum absolute atomic E-state index is 0.00901. The normalized spacial score (nSPS) is 18.1. The van der Waals surface area contributed by atoms with Crippen LogP contribution in [0.3, 0.4) is 0 Å². The van der Waals surface area contributed by atoms with Gasteiger partial charge in [-0.25, -0.2) is 0 Å². The number of nitrogens with one attached hydrogen (secondary N) is 1. The van der Waals surface area contributed by atoms with E-state index in [9.17, 15) is 4.79 Å². The van der Waals surface area contributed by atoms with Crippen molar-refractivity contribution < 1.29 is 9.32 Å². The quantitative estimate of drug-likeness (QED) is 0.631. The summed E-state index contributed by atoms with van der Waals surface area (Å²) in [5.41, 5.74) is 1.93. The van der Waals surface area contributed by atoms with Crippen LogP contribution in [0.5, 0.6) is 0 Å². The number of likely N-dealkylation sites (tertiary alicyclic amines) is 1. The first kappa shape index (κ1) is 20.6. The van der Waals surface area contributed by atoms with Gasteiger partial charge in [-0.1, -0.05) is 59.2 Å². The van der Waals surface area contributed by atoms with E-state index < -0.39 is 0 Å². The first-order valence-electron chi connectivity index (χ1n) is 10.2. The summed E-state index contributed by atoms with van der Waals surface area (Å²) in [7, 11) is 0. The molecule has 6 nitrogen and oxygen atoms in total. The monoisotopic (exact) mass is 424 g/mol. The molecule has 30 heavy (non-hydrogen) atoms. The average molecular weight is 425 g/mol. The highest BCUT2D eigenvalue weighted by molar-refractivity contribution is 6.30. The molecule has 2 aromatic carbocycles. The number of carbonyl (C=O) groups is 1. The van der Waals surface area contributed by atoms with Crippen LogP contribution in [0.2, 0.25) is 5.02 Å². The Morgan fingerprint density at radius 2 is 2.10 bits per heavy atom. The molecule has 2 unspecified atom stereocenters. The minimum atomic E-state index is -0.0414. The summed E-state index contributed by atoms with van der Waals surface area (Å²) in [6, 6.07) is 17.4. The zero-order chi connectivity index (χ0) is 20.9. The number of amides is 1. The highest BCUT2D eigenvalue weighted by Crippen LogP contribution is 2.23. The van der Waals surface area contributed by atoms with Gasteiger partial charge in [-0.15, -0.1) is 0 Å². The number of hydrogen-bond acceptors (Lipinski definition) is 5. The van der Waals surface area contributed by atoms with E-state index in [1.165, 1.54) is 0 Å². The molecule has 1 fully saturated rings. The summed E-state index contributed by atoms with van der Waals surface area (Å²) in [6.45, 7) is 4.14. The van der Waals surface area contributed by atoms with Gasteiger partial charge in [0.25, 0.3) is 0 Å². The number of hydrogen-bond donors (Lipinski definition) is 1. The lowest BCUT2D eigenvalue weighted by atomic mass is 9.96. The summed E-state index contributed by atoms with van der Waals surface area (Å²) < 4.78 is 5.43. The lowest BCUT2D eigenvalue weighted by Gasteiger charge is -2.31. The van der Waals surface area contributed by atoms with Crippen molar-refractivity contribution in [2.45, 2.75) is 32.4 Å². The number of carbonyl (C=O) groups excluding carboxylic acids is 1. The zero-order valence-corrected chi connectivity index (χ0v) is 17.7. The van der Waals surface area contributed by atoms with Gasteiger partial charge in [-0.05, 0) is 44.0 Å². The van der Waals surface area contributed by atoms with Crippen molar-refractivity contribution in [3.8, 4) is 11.4 Å². The number of benzene rings is 2. The fraction of sp³-hybridized carbons (Fsp3) is 0.348. The van der Waals surface area contributed by atoms with Gasteiger partial charge in [-0.2, -0.15) is 4.98 Å². The maximum atomic E-state index is 12.8. The van der Waals surface area contributed by atoms with Crippen molar-refractivity contribution >= 4 is 17.5 Å². The van der Waals surface area contributed by atoms with Gasteiger partial charge in [0, 0.05) is 17.1 Å². The molecule has 1 amide bonds. The molecule has 0 spiro atoms. The molecule has 156 valence electrons. The van der Waals surface area contributed by atoms with E-state index in [1.54, 1.807) is 0 Å². The Morgan fingerprint density at radius 1 is 1.27 bits per heavy atom. The van der Waals surface area contributed by atoms with Crippen molar-refractivity contribution in [3.63, 3.8) is 0 Å². The van der Waals surface area contributed by atoms with Gasteiger partial charge in [0.1, 0.15) is 0 Å². The largest absolute Gasteiger partial charge is 0.349 e. The second kappa shape index (κ2) is 9.41. The molecule has 1 N–H and O–H groups in total. The molecular formula is C23H25ClN4O2. The predicted octanol–water partition coefficient (Wildman–Crippen LogP) is 4.48. The smallest absolute Gasteiger partial charge is 0.241 e. The van der Waals surface area contributed by atoms with Crippen molar-refractivity contribution in [2.75, 3.05) is 13.1 Å². The molecule has 1 aliphatic rings. The van der Waals surface area contributed by atoms with E-state index in [2.05, 4.69) is 20.4 Å². The molecule has 0 radical (unpaired) electrons. The number of nitrogens with zero attached hydrogens (tertiary/aromatic N) is 3. The molecule has 2 heterocycles. The Morgan fingerprint density at radius 3 is 2.90 bits per heavy atom. The molecule has 1 saturated heterocycles. The minimum Gasteiger partial charge on any atom is -0.349 e. The van der Waals surface area contributed by atoms with Crippen LogP contribution in [0.1, 0.15) is 37.3 Å². The highest BCUT2D eigenvalue weighted by Gasteiger charge is 2.27. The van der Waals surface area contributed by atoms with Crippen LogP contribution in [0.25, 0.3) is 11.4 Å². The molecule has 0 bridgehead atoms. The highest BCUT2D eigenvalue weighted by atomic mass is 35.5. The van der Waals surface area contributed by atoms with Gasteiger partial charge >= 0.3 is 0 Å². The number of piperidine rings is 1. The molecule has 0 saturated carbocycles. The van der Waals surface area contributed by atoms with Gasteiger partial charge in [-0.3, -0.25) is 9.69 Å². The fourth-order valence-electron chi connectivity index (χ4n) is 3.82. The number of aromatic nitrogens is 2. The maximum absolute atomic E-state index is 12.8. The summed E-state index contributed by atoms with van der Waals surface area (Å²) >= 11 is 6.05. The maximum Gasteiger partial charge on any atom is 0.241 e. The lowest BCUT2D eigenvalue weighted by molar-refractivity contribution is -0.127. The van der Waals surface area contributed by atoms with E-state index in [1.807, 2.05) is 61.5 Å². The van der Waals surface area contributed by atoms with Crippen LogP contribution in [0.15, 0.2) is 59.1 Å². The van der Waals surface area contributed by atoms with Gasteiger partial charge in [0.15, 0.2) is 0 Å². The Labute approximate surface area is 181 Å². The topological polar surface area (TPSA) is 71.3 Å². The standard InChI is InChI=1S/C23H25ClN4O2/c1-16(17-7-3-2-4-8-17)25-23(29)19-10-6-12-28(14-19)15-21-26-22(27-30-21)18-9-5-11-20(24)13-18/h2-5,7-9,11,13,16,19H,6,10,12,14-15H2,1H3,(H,25,29). The van der Waals surface area contributed by atoms with Crippen LogP contribution in [0.4, 0.5) is 0 Å². The number of halogens is 1.